The number of imidazole rings is 1. The van der Waals surface area contributed by atoms with Crippen LogP contribution in [0, 0.1) is 16.7 Å². The van der Waals surface area contributed by atoms with Crippen LogP contribution in [-0.2, 0) is 11.3 Å². The number of carbonyl (C=O) groups excluding carboxylic acids is 1. The van der Waals surface area contributed by atoms with Crippen LogP contribution >= 0.6 is 0 Å². The molecule has 4 aromatic rings. The van der Waals surface area contributed by atoms with Crippen LogP contribution in [0.5, 0.6) is 11.5 Å². The van der Waals surface area contributed by atoms with E-state index in [1.54, 1.807) is 24.3 Å². The number of rotatable bonds is 9. The Morgan fingerprint density at radius 2 is 1.82 bits per heavy atom. The number of nitrogens with one attached hydrogen (secondary N) is 1. The summed E-state index contributed by atoms with van der Waals surface area (Å²) in [4.78, 5) is 34.9. The molecular weight excluding hydrogens is 508 g/mol. The molecule has 1 aliphatic carbocycles. The summed E-state index contributed by atoms with van der Waals surface area (Å²) < 4.78 is 8.87. The number of carbonyl (C=O) groups is 1. The summed E-state index contributed by atoms with van der Waals surface area (Å²) in [7, 11) is 0. The van der Waals surface area contributed by atoms with E-state index in [9.17, 15) is 14.9 Å². The zero-order valence-electron chi connectivity index (χ0n) is 22.3. The van der Waals surface area contributed by atoms with Crippen molar-refractivity contribution in [2.24, 2.45) is 11.1 Å². The molecule has 5 N–H and O–H groups in total. The number of aromatic nitrogens is 4. The third kappa shape index (κ3) is 5.57. The highest BCUT2D eigenvalue weighted by Crippen LogP contribution is 2.34. The van der Waals surface area contributed by atoms with Crippen molar-refractivity contribution in [1.29, 1.82) is 5.26 Å². The number of anilines is 1. The van der Waals surface area contributed by atoms with Crippen molar-refractivity contribution in [2.45, 2.75) is 38.8 Å². The second-order valence-electron chi connectivity index (χ2n) is 10.8. The predicted octanol–water partition coefficient (Wildman–Crippen LogP) is 3.04. The minimum atomic E-state index is -0.591. The quantitative estimate of drug-likeness (QED) is 0.216. The molecule has 2 aromatic heterocycles. The van der Waals surface area contributed by atoms with Crippen molar-refractivity contribution < 1.29 is 9.53 Å². The Morgan fingerprint density at radius 1 is 1.15 bits per heavy atom. The van der Waals surface area contributed by atoms with Gasteiger partial charge in [0.2, 0.25) is 0 Å². The van der Waals surface area contributed by atoms with Gasteiger partial charge in [-0.05, 0) is 55.3 Å². The summed E-state index contributed by atoms with van der Waals surface area (Å²) in [5.74, 6) is 0.979. The van der Waals surface area contributed by atoms with Gasteiger partial charge in [0, 0.05) is 24.0 Å². The maximum absolute atomic E-state index is 13.8. The van der Waals surface area contributed by atoms with Crippen molar-refractivity contribution in [3.63, 3.8) is 0 Å². The SMILES string of the molecule is CC(C)(CNC(=O)C(C#N)=CC1(N)CC1)Cn1c(=O)n(-c2ccc(Oc3ccccc3)cc2)c2c(N)ncnc21. The molecule has 2 heterocycles. The maximum atomic E-state index is 13.8. The minimum Gasteiger partial charge on any atom is -0.457 e. The smallest absolute Gasteiger partial charge is 0.335 e. The van der Waals surface area contributed by atoms with E-state index in [-0.39, 0.29) is 30.2 Å². The molecule has 2 aromatic carbocycles. The van der Waals surface area contributed by atoms with Gasteiger partial charge in [-0.15, -0.1) is 0 Å². The molecule has 0 atom stereocenters. The summed E-state index contributed by atoms with van der Waals surface area (Å²) >= 11 is 0. The van der Waals surface area contributed by atoms with Crippen molar-refractivity contribution in [1.82, 2.24) is 24.4 Å². The lowest BCUT2D eigenvalue weighted by atomic mass is 9.93. The highest BCUT2D eigenvalue weighted by molar-refractivity contribution is 5.97. The fourth-order valence-electron chi connectivity index (χ4n) is 4.39. The van der Waals surface area contributed by atoms with Gasteiger partial charge in [0.25, 0.3) is 5.91 Å². The summed E-state index contributed by atoms with van der Waals surface area (Å²) in [6.07, 6.45) is 4.34. The highest BCUT2D eigenvalue weighted by atomic mass is 16.5. The first kappa shape index (κ1) is 26.6. The molecule has 204 valence electrons. The van der Waals surface area contributed by atoms with Crippen molar-refractivity contribution in [2.75, 3.05) is 12.3 Å². The first-order valence-electron chi connectivity index (χ1n) is 12.8. The topological polar surface area (TPSA) is 167 Å². The molecule has 5 rings (SSSR count). The van der Waals surface area contributed by atoms with Crippen molar-refractivity contribution in [3.8, 4) is 23.3 Å². The number of para-hydroxylation sites is 1. The van der Waals surface area contributed by atoms with E-state index in [1.165, 1.54) is 21.5 Å². The zero-order valence-corrected chi connectivity index (χ0v) is 22.3. The number of hydrogen-bond acceptors (Lipinski definition) is 8. The van der Waals surface area contributed by atoms with Crippen LogP contribution in [0.15, 0.2) is 77.4 Å². The molecule has 1 fully saturated rings. The summed E-state index contributed by atoms with van der Waals surface area (Å²) in [6, 6.07) is 18.4. The number of nitriles is 1. The monoisotopic (exact) mass is 538 g/mol. The van der Waals surface area contributed by atoms with Crippen molar-refractivity contribution in [3.05, 3.63) is 83.1 Å². The minimum absolute atomic E-state index is 0.00947. The van der Waals surface area contributed by atoms with Gasteiger partial charge >= 0.3 is 5.69 Å². The Bertz CT molecular complexity index is 1690. The fraction of sp³-hybridized carbons (Fsp3) is 0.276. The number of nitrogens with two attached hydrogens (primary N) is 2. The second-order valence-corrected chi connectivity index (χ2v) is 10.8. The second kappa shape index (κ2) is 10.3. The normalized spacial score (nSPS) is 14.5. The first-order chi connectivity index (χ1) is 19.1. The molecule has 40 heavy (non-hydrogen) atoms. The van der Waals surface area contributed by atoms with Gasteiger partial charge < -0.3 is 21.5 Å². The lowest BCUT2D eigenvalue weighted by molar-refractivity contribution is -0.117. The average molecular weight is 539 g/mol. The molecule has 11 heteroatoms. The van der Waals surface area contributed by atoms with Gasteiger partial charge in [-0.3, -0.25) is 13.9 Å². The van der Waals surface area contributed by atoms with E-state index in [2.05, 4.69) is 15.3 Å². The Kier molecular flexibility index (Phi) is 6.87. The fourth-order valence-corrected chi connectivity index (χ4v) is 4.39. The molecule has 1 aliphatic rings. The molecule has 0 bridgehead atoms. The summed E-state index contributed by atoms with van der Waals surface area (Å²) in [5.41, 5.74) is 12.1. The Hall–Kier alpha value is -4.95. The van der Waals surface area contributed by atoms with Crippen LogP contribution in [-0.4, -0.2) is 37.1 Å². The lowest BCUT2D eigenvalue weighted by Gasteiger charge is -2.25. The number of amides is 1. The largest absolute Gasteiger partial charge is 0.457 e. The predicted molar refractivity (Wildman–Crippen MR) is 151 cm³/mol. The first-order valence-corrected chi connectivity index (χ1v) is 12.8. The number of hydrogen-bond donors (Lipinski definition) is 3. The number of fused-ring (bicyclic) bond motifs is 1. The molecule has 1 amide bonds. The molecule has 0 unspecified atom stereocenters. The standard InChI is InChI=1S/C29H30N8O3/c1-28(2,16-33-26(38)19(15-30)14-29(32)12-13-29)17-36-25-23(24(31)34-18-35-25)37(27(36)39)20-8-10-22(11-9-20)40-21-6-4-3-5-7-21/h3-11,14,18H,12-13,16-17,32H2,1-2H3,(H,33,38)(H2,31,34,35). The van der Waals surface area contributed by atoms with Gasteiger partial charge in [0.15, 0.2) is 11.5 Å². The van der Waals surface area contributed by atoms with E-state index in [4.69, 9.17) is 16.2 Å². The number of benzene rings is 2. The number of ether oxygens (including phenoxy) is 1. The molecule has 1 saturated carbocycles. The van der Waals surface area contributed by atoms with Gasteiger partial charge in [0.1, 0.15) is 35.0 Å². The van der Waals surface area contributed by atoms with Gasteiger partial charge in [-0.2, -0.15) is 5.26 Å². The third-order valence-corrected chi connectivity index (χ3v) is 6.74. The van der Waals surface area contributed by atoms with E-state index >= 15 is 0 Å². The van der Waals surface area contributed by atoms with Gasteiger partial charge in [0.05, 0.1) is 5.69 Å². The number of nitrogens with zero attached hydrogens (tertiary/aromatic N) is 5. The van der Waals surface area contributed by atoms with Gasteiger partial charge in [-0.25, -0.2) is 14.8 Å². The Labute approximate surface area is 230 Å². The molecule has 0 spiro atoms. The van der Waals surface area contributed by atoms with E-state index in [0.29, 0.717) is 28.4 Å². The Balaban J connectivity index is 1.41. The van der Waals surface area contributed by atoms with E-state index < -0.39 is 16.9 Å². The Morgan fingerprint density at radius 3 is 2.48 bits per heavy atom. The van der Waals surface area contributed by atoms with Crippen molar-refractivity contribution >= 4 is 22.9 Å². The summed E-state index contributed by atoms with van der Waals surface area (Å²) in [6.45, 7) is 4.23. The van der Waals surface area contributed by atoms with Crippen LogP contribution in [0.4, 0.5) is 5.82 Å². The van der Waals surface area contributed by atoms with Crippen LogP contribution in [0.1, 0.15) is 26.7 Å². The molecule has 0 aliphatic heterocycles. The lowest BCUT2D eigenvalue weighted by Crippen LogP contribution is -2.39. The van der Waals surface area contributed by atoms with Crippen LogP contribution in [0.2, 0.25) is 0 Å². The van der Waals surface area contributed by atoms with Crippen LogP contribution < -0.4 is 27.2 Å². The average Bonchev–Trinajstić information content (AvgIpc) is 3.61. The molecule has 0 radical (unpaired) electrons. The van der Waals surface area contributed by atoms with Crippen LogP contribution in [0.25, 0.3) is 16.9 Å². The highest BCUT2D eigenvalue weighted by Gasteiger charge is 2.37. The molecular formula is C29H30N8O3. The van der Waals surface area contributed by atoms with E-state index in [0.717, 1.165) is 12.8 Å². The molecule has 11 nitrogen and oxygen atoms in total. The number of nitrogen functional groups attached to an aromatic ring is 1. The van der Waals surface area contributed by atoms with E-state index in [1.807, 2.05) is 50.2 Å². The zero-order chi connectivity index (χ0) is 28.5. The summed E-state index contributed by atoms with van der Waals surface area (Å²) in [5, 5.41) is 12.2. The molecule has 0 saturated heterocycles. The maximum Gasteiger partial charge on any atom is 0.335 e. The van der Waals surface area contributed by atoms with Gasteiger partial charge in [-0.1, -0.05) is 32.0 Å². The third-order valence-electron chi connectivity index (χ3n) is 6.74. The van der Waals surface area contributed by atoms with Crippen LogP contribution in [0.3, 0.4) is 0 Å².